The van der Waals surface area contributed by atoms with E-state index in [1.165, 1.54) is 0 Å². The van der Waals surface area contributed by atoms with Crippen molar-refractivity contribution < 1.29 is 14.8 Å². The van der Waals surface area contributed by atoms with E-state index in [2.05, 4.69) is 0 Å². The van der Waals surface area contributed by atoms with E-state index in [-0.39, 0.29) is 11.7 Å². The van der Waals surface area contributed by atoms with Gasteiger partial charge in [-0.2, -0.15) is 0 Å². The van der Waals surface area contributed by atoms with Crippen LogP contribution in [0.5, 0.6) is 0 Å². The van der Waals surface area contributed by atoms with E-state index < -0.39 is 0 Å². The number of carbonyl (C=O) groups excluding carboxylic acids is 1. The van der Waals surface area contributed by atoms with Gasteiger partial charge in [-0.1, -0.05) is 36.4 Å². The summed E-state index contributed by atoms with van der Waals surface area (Å²) in [6, 6.07) is 16.7. The smallest absolute Gasteiger partial charge is 0.389 e. The molecule has 0 aliphatic carbocycles. The lowest BCUT2D eigenvalue weighted by Crippen LogP contribution is -3.06. The molecule has 0 fully saturated rings. The highest BCUT2D eigenvalue weighted by molar-refractivity contribution is 6.06. The molecule has 18 heavy (non-hydrogen) atoms. The largest absolute Gasteiger partial charge is 0.500 e. The van der Waals surface area contributed by atoms with Crippen LogP contribution in [0.25, 0.3) is 12.0 Å². The van der Waals surface area contributed by atoms with Crippen LogP contribution in [-0.2, 0) is 4.79 Å². The molecule has 0 aromatic heterocycles. The van der Waals surface area contributed by atoms with Crippen molar-refractivity contribution in [2.24, 2.45) is 0 Å². The number of benzene rings is 2. The van der Waals surface area contributed by atoms with Gasteiger partial charge in [0.05, 0.1) is 0 Å². The molecule has 2 N–H and O–H groups in total. The second kappa shape index (κ2) is 4.13. The summed E-state index contributed by atoms with van der Waals surface area (Å²) in [5, 5.41) is 11.5. The Morgan fingerprint density at radius 3 is 2.33 bits per heavy atom. The van der Waals surface area contributed by atoms with Gasteiger partial charge in [0.2, 0.25) is 5.76 Å². The lowest BCUT2D eigenvalue weighted by molar-refractivity contribution is -0.652. The number of para-hydroxylation sites is 1. The average Bonchev–Trinajstić information content (AvgIpc) is 2.44. The average molecular weight is 238 g/mol. The van der Waals surface area contributed by atoms with Gasteiger partial charge in [-0.25, -0.2) is 9.69 Å². The maximum Gasteiger partial charge on any atom is 0.389 e. The van der Waals surface area contributed by atoms with Gasteiger partial charge in [-0.3, -0.25) is 0 Å². The molecule has 1 aliphatic rings. The molecular formula is C15H12NO2+. The minimum Gasteiger partial charge on any atom is -0.500 e. The van der Waals surface area contributed by atoms with Gasteiger partial charge < -0.3 is 5.11 Å². The molecule has 1 heterocycles. The molecular weight excluding hydrogens is 226 g/mol. The number of hydrogen-bond acceptors (Lipinski definition) is 2. The standard InChI is InChI=1S/C15H11NO2/c17-14-13-9-5-4-6-11(13)10-16(15(14)18)12-7-2-1-3-8-12/h1-10,17H/p+1. The van der Waals surface area contributed by atoms with Crippen molar-refractivity contribution in [3.63, 3.8) is 0 Å². The van der Waals surface area contributed by atoms with Crippen LogP contribution in [0, 0.1) is 0 Å². The Morgan fingerprint density at radius 2 is 1.56 bits per heavy atom. The Bertz CT molecular complexity index is 720. The van der Waals surface area contributed by atoms with E-state index in [1.54, 1.807) is 6.07 Å². The molecule has 0 bridgehead atoms. The van der Waals surface area contributed by atoms with Crippen LogP contribution >= 0.6 is 0 Å². The number of aliphatic hydroxyl groups is 1. The molecule has 3 heteroatoms. The molecule has 1 unspecified atom stereocenters. The molecule has 3 nitrogen and oxygen atoms in total. The van der Waals surface area contributed by atoms with Crippen LogP contribution in [0.3, 0.4) is 0 Å². The van der Waals surface area contributed by atoms with Crippen molar-refractivity contribution >= 4 is 23.6 Å². The Kier molecular flexibility index (Phi) is 2.46. The summed E-state index contributed by atoms with van der Waals surface area (Å²) in [6.07, 6.45) is 1.83. The van der Waals surface area contributed by atoms with Crippen molar-refractivity contribution in [2.75, 3.05) is 0 Å². The van der Waals surface area contributed by atoms with Gasteiger partial charge in [0.15, 0.2) is 0 Å². The number of rotatable bonds is 1. The van der Waals surface area contributed by atoms with Gasteiger partial charge in [-0.05, 0) is 18.2 Å². The first-order valence-corrected chi connectivity index (χ1v) is 5.74. The second-order valence-corrected chi connectivity index (χ2v) is 4.19. The molecule has 0 radical (unpaired) electrons. The van der Waals surface area contributed by atoms with E-state index in [9.17, 15) is 9.90 Å². The van der Waals surface area contributed by atoms with Crippen molar-refractivity contribution in [2.45, 2.75) is 0 Å². The third kappa shape index (κ3) is 1.61. The molecule has 2 aromatic carbocycles. The fourth-order valence-corrected chi connectivity index (χ4v) is 2.14. The van der Waals surface area contributed by atoms with E-state index in [1.807, 2.05) is 54.7 Å². The first-order chi connectivity index (χ1) is 8.77. The highest BCUT2D eigenvalue weighted by Crippen LogP contribution is 2.00. The minimum absolute atomic E-state index is 0.174. The van der Waals surface area contributed by atoms with Crippen molar-refractivity contribution in [3.8, 4) is 0 Å². The van der Waals surface area contributed by atoms with Crippen LogP contribution in [0.1, 0.15) is 0 Å². The van der Waals surface area contributed by atoms with Gasteiger partial charge in [-0.15, -0.1) is 0 Å². The molecule has 1 atom stereocenters. The summed E-state index contributed by atoms with van der Waals surface area (Å²) in [4.78, 5) is 12.7. The van der Waals surface area contributed by atoms with E-state index in [4.69, 9.17) is 0 Å². The predicted octanol–water partition coefficient (Wildman–Crippen LogP) is -0.152. The number of nitrogens with one attached hydrogen (secondary N) is 1. The highest BCUT2D eigenvalue weighted by atomic mass is 16.3. The van der Waals surface area contributed by atoms with E-state index >= 15 is 0 Å². The first kappa shape index (κ1) is 10.7. The normalized spacial score (nSPS) is 18.1. The zero-order valence-electron chi connectivity index (χ0n) is 9.63. The number of hydrogen-bond donors (Lipinski definition) is 2. The maximum atomic E-state index is 12.1. The zero-order chi connectivity index (χ0) is 12.5. The summed E-state index contributed by atoms with van der Waals surface area (Å²) >= 11 is 0. The minimum atomic E-state index is -0.320. The molecule has 0 spiro atoms. The quantitative estimate of drug-likeness (QED) is 0.725. The summed E-state index contributed by atoms with van der Waals surface area (Å²) in [7, 11) is 0. The van der Waals surface area contributed by atoms with Gasteiger partial charge >= 0.3 is 5.91 Å². The van der Waals surface area contributed by atoms with Gasteiger partial charge in [0, 0.05) is 10.4 Å². The topological polar surface area (TPSA) is 41.7 Å². The Morgan fingerprint density at radius 1 is 0.889 bits per heavy atom. The van der Waals surface area contributed by atoms with Gasteiger partial charge in [0.25, 0.3) is 0 Å². The third-order valence-electron chi connectivity index (χ3n) is 3.06. The lowest BCUT2D eigenvalue weighted by Gasteiger charge is -2.14. The van der Waals surface area contributed by atoms with Crippen LogP contribution in [0.15, 0.2) is 54.6 Å². The van der Waals surface area contributed by atoms with Crippen LogP contribution in [0.2, 0.25) is 0 Å². The summed E-state index contributed by atoms with van der Waals surface area (Å²) in [6.45, 7) is 0. The fourth-order valence-electron chi connectivity index (χ4n) is 2.14. The summed E-state index contributed by atoms with van der Waals surface area (Å²) in [5.41, 5.74) is 0.823. The number of fused-ring (bicyclic) bond motifs is 1. The Hall–Kier alpha value is -2.39. The zero-order valence-corrected chi connectivity index (χ0v) is 9.63. The number of carbonyl (C=O) groups is 1. The maximum absolute atomic E-state index is 12.1. The SMILES string of the molecule is O=C1C(O)=c2ccccc2=C[NH+]1c1ccccc1. The van der Waals surface area contributed by atoms with Crippen LogP contribution in [-0.4, -0.2) is 11.0 Å². The molecule has 0 saturated carbocycles. The number of aliphatic hydroxyl groups excluding tert-OH is 1. The van der Waals surface area contributed by atoms with Crippen molar-refractivity contribution in [1.82, 2.24) is 0 Å². The summed E-state index contributed by atoms with van der Waals surface area (Å²) < 4.78 is 0. The highest BCUT2D eigenvalue weighted by Gasteiger charge is 2.27. The van der Waals surface area contributed by atoms with Gasteiger partial charge in [0.1, 0.15) is 11.9 Å². The van der Waals surface area contributed by atoms with E-state index in [0.717, 1.165) is 10.9 Å². The number of amides is 1. The first-order valence-electron chi connectivity index (χ1n) is 5.74. The second-order valence-electron chi connectivity index (χ2n) is 4.19. The fraction of sp³-hybridized carbons (Fsp3) is 0. The molecule has 3 rings (SSSR count). The van der Waals surface area contributed by atoms with Crippen LogP contribution < -0.4 is 15.3 Å². The van der Waals surface area contributed by atoms with Crippen LogP contribution in [0.4, 0.5) is 5.69 Å². The summed E-state index contributed by atoms with van der Waals surface area (Å²) in [5.74, 6) is -0.494. The third-order valence-corrected chi connectivity index (χ3v) is 3.06. The van der Waals surface area contributed by atoms with Crippen molar-refractivity contribution in [1.29, 1.82) is 0 Å². The molecule has 1 aliphatic heterocycles. The Labute approximate surface area is 104 Å². The van der Waals surface area contributed by atoms with E-state index in [0.29, 0.717) is 10.1 Å². The predicted molar refractivity (Wildman–Crippen MR) is 68.3 cm³/mol. The molecule has 2 aromatic rings. The number of quaternary nitrogens is 1. The lowest BCUT2D eigenvalue weighted by atomic mass is 10.1. The molecule has 0 saturated heterocycles. The van der Waals surface area contributed by atoms with Crippen molar-refractivity contribution in [3.05, 3.63) is 65.0 Å². The molecule has 88 valence electrons. The Balaban J connectivity index is 2.24. The monoisotopic (exact) mass is 238 g/mol. The molecule has 1 amide bonds.